The number of carbonyl (C=O) groups is 1. The van der Waals surface area contributed by atoms with Crippen molar-refractivity contribution in [3.05, 3.63) is 40.6 Å². The number of methoxy groups -OCH3 is 1. The highest BCUT2D eigenvalue weighted by molar-refractivity contribution is 5.94. The fourth-order valence-corrected chi connectivity index (χ4v) is 1.31. The molecule has 0 fully saturated rings. The van der Waals surface area contributed by atoms with Gasteiger partial charge in [-0.3, -0.25) is 9.38 Å². The van der Waals surface area contributed by atoms with Crippen molar-refractivity contribution in [1.82, 2.24) is 9.38 Å². The Labute approximate surface area is 78.9 Å². The molecule has 0 aliphatic rings. The number of rotatable bonds is 1. The van der Waals surface area contributed by atoms with Gasteiger partial charge < -0.3 is 4.74 Å². The number of aromatic amines is 1. The molecule has 2 rings (SSSR count). The van der Waals surface area contributed by atoms with Gasteiger partial charge in [-0.25, -0.2) is 9.59 Å². The summed E-state index contributed by atoms with van der Waals surface area (Å²) < 4.78 is 5.89. The van der Waals surface area contributed by atoms with Crippen molar-refractivity contribution in [3.8, 4) is 0 Å². The zero-order valence-corrected chi connectivity index (χ0v) is 7.48. The third kappa shape index (κ3) is 1.10. The highest BCUT2D eigenvalue weighted by Gasteiger charge is 2.13. The first-order chi connectivity index (χ1) is 6.74. The predicted octanol–water partition coefficient (Wildman–Crippen LogP) is 0.414. The van der Waals surface area contributed by atoms with E-state index in [2.05, 4.69) is 9.72 Å². The third-order valence-electron chi connectivity index (χ3n) is 1.96. The average Bonchev–Trinajstić information content (AvgIpc) is 2.56. The van der Waals surface area contributed by atoms with Crippen LogP contribution in [0.15, 0.2) is 29.2 Å². The summed E-state index contributed by atoms with van der Waals surface area (Å²) >= 11 is 0. The molecule has 0 saturated heterocycles. The number of fused-ring (bicyclic) bond motifs is 1. The number of nitrogens with one attached hydrogen (secondary N) is 1. The van der Waals surface area contributed by atoms with Gasteiger partial charge in [-0.1, -0.05) is 6.07 Å². The lowest BCUT2D eigenvalue weighted by atomic mass is 10.3. The first-order valence-electron chi connectivity index (χ1n) is 4.01. The third-order valence-corrected chi connectivity index (χ3v) is 1.96. The van der Waals surface area contributed by atoms with E-state index in [0.29, 0.717) is 5.52 Å². The van der Waals surface area contributed by atoms with Crippen molar-refractivity contribution >= 4 is 11.5 Å². The maximum Gasteiger partial charge on any atom is 0.356 e. The van der Waals surface area contributed by atoms with E-state index in [9.17, 15) is 9.59 Å². The van der Waals surface area contributed by atoms with Gasteiger partial charge in [-0.15, -0.1) is 0 Å². The van der Waals surface area contributed by atoms with Crippen LogP contribution >= 0.6 is 0 Å². The van der Waals surface area contributed by atoms with Gasteiger partial charge in [0.15, 0.2) is 5.69 Å². The zero-order chi connectivity index (χ0) is 10.1. The molecule has 2 aromatic heterocycles. The lowest BCUT2D eigenvalue weighted by Gasteiger charge is -1.95. The van der Waals surface area contributed by atoms with Crippen LogP contribution in [-0.4, -0.2) is 22.5 Å². The summed E-state index contributed by atoms with van der Waals surface area (Å²) in [6, 6.07) is 5.13. The van der Waals surface area contributed by atoms with Crippen LogP contribution in [0.3, 0.4) is 0 Å². The maximum atomic E-state index is 11.3. The minimum absolute atomic E-state index is 0.179. The second kappa shape index (κ2) is 3.02. The number of pyridine rings is 1. The van der Waals surface area contributed by atoms with Crippen LogP contribution in [0.4, 0.5) is 0 Å². The number of hydrogen-bond acceptors (Lipinski definition) is 3. The van der Waals surface area contributed by atoms with Crippen molar-refractivity contribution in [2.45, 2.75) is 0 Å². The van der Waals surface area contributed by atoms with Gasteiger partial charge in [0.1, 0.15) is 0 Å². The highest BCUT2D eigenvalue weighted by atomic mass is 16.5. The van der Waals surface area contributed by atoms with Gasteiger partial charge in [-0.2, -0.15) is 0 Å². The smallest absolute Gasteiger partial charge is 0.356 e. The van der Waals surface area contributed by atoms with Crippen LogP contribution in [0.1, 0.15) is 10.5 Å². The molecule has 5 nitrogen and oxygen atoms in total. The standard InChI is InChI=1S/C9H8N2O3/c1-14-8(12)7-6-4-2-3-5-11(6)9(13)10-7/h2-5H,1H3,(H,10,13). The van der Waals surface area contributed by atoms with Gasteiger partial charge in [0.25, 0.3) is 0 Å². The van der Waals surface area contributed by atoms with Gasteiger partial charge in [0.05, 0.1) is 12.6 Å². The monoisotopic (exact) mass is 192 g/mol. The number of H-pyrrole nitrogens is 1. The Morgan fingerprint density at radius 3 is 3.00 bits per heavy atom. The fraction of sp³-hybridized carbons (Fsp3) is 0.111. The molecule has 14 heavy (non-hydrogen) atoms. The van der Waals surface area contributed by atoms with E-state index in [1.807, 2.05) is 0 Å². The summed E-state index contributed by atoms with van der Waals surface area (Å²) in [6.45, 7) is 0. The van der Waals surface area contributed by atoms with E-state index >= 15 is 0 Å². The zero-order valence-electron chi connectivity index (χ0n) is 7.48. The molecule has 0 aliphatic carbocycles. The molecular formula is C9H8N2O3. The minimum Gasteiger partial charge on any atom is -0.464 e. The highest BCUT2D eigenvalue weighted by Crippen LogP contribution is 2.06. The van der Waals surface area contributed by atoms with Crippen molar-refractivity contribution in [3.63, 3.8) is 0 Å². The molecule has 0 radical (unpaired) electrons. The predicted molar refractivity (Wildman–Crippen MR) is 49.4 cm³/mol. The van der Waals surface area contributed by atoms with E-state index in [-0.39, 0.29) is 11.4 Å². The summed E-state index contributed by atoms with van der Waals surface area (Å²) in [5, 5.41) is 0. The molecule has 0 spiro atoms. The molecule has 72 valence electrons. The largest absolute Gasteiger partial charge is 0.464 e. The Morgan fingerprint density at radius 1 is 1.50 bits per heavy atom. The molecule has 0 atom stereocenters. The van der Waals surface area contributed by atoms with E-state index in [4.69, 9.17) is 0 Å². The van der Waals surface area contributed by atoms with Crippen LogP contribution < -0.4 is 5.69 Å². The number of imidazole rings is 1. The van der Waals surface area contributed by atoms with Crippen molar-refractivity contribution in [2.24, 2.45) is 0 Å². The first kappa shape index (κ1) is 8.55. The van der Waals surface area contributed by atoms with Crippen LogP contribution in [0.25, 0.3) is 5.52 Å². The Balaban J connectivity index is 2.79. The van der Waals surface area contributed by atoms with Crippen molar-refractivity contribution in [1.29, 1.82) is 0 Å². The summed E-state index contributed by atoms with van der Waals surface area (Å²) in [6.07, 6.45) is 1.58. The van der Waals surface area contributed by atoms with Gasteiger partial charge in [-0.05, 0) is 12.1 Å². The number of hydrogen-bond donors (Lipinski definition) is 1. The van der Waals surface area contributed by atoms with Gasteiger partial charge in [0, 0.05) is 6.20 Å². The van der Waals surface area contributed by atoms with Crippen LogP contribution in [0.2, 0.25) is 0 Å². The number of nitrogens with zero attached hydrogens (tertiary/aromatic N) is 1. The molecular weight excluding hydrogens is 184 g/mol. The molecule has 5 heteroatoms. The maximum absolute atomic E-state index is 11.3. The molecule has 0 amide bonds. The summed E-state index contributed by atoms with van der Waals surface area (Å²) in [5.74, 6) is -0.546. The van der Waals surface area contributed by atoms with Crippen LogP contribution in [-0.2, 0) is 4.74 Å². The Bertz CT molecular complexity index is 538. The van der Waals surface area contributed by atoms with Gasteiger partial charge >= 0.3 is 11.7 Å². The fourth-order valence-electron chi connectivity index (χ4n) is 1.31. The minimum atomic E-state index is -0.546. The topological polar surface area (TPSA) is 63.6 Å². The Hall–Kier alpha value is -2.04. The normalized spacial score (nSPS) is 10.4. The Kier molecular flexibility index (Phi) is 1.85. The van der Waals surface area contributed by atoms with Crippen LogP contribution in [0, 0.1) is 0 Å². The summed E-state index contributed by atoms with van der Waals surface area (Å²) in [4.78, 5) is 25.0. The number of esters is 1. The second-order valence-electron chi connectivity index (χ2n) is 2.75. The van der Waals surface area contributed by atoms with E-state index < -0.39 is 5.97 Å². The van der Waals surface area contributed by atoms with E-state index in [1.165, 1.54) is 11.5 Å². The molecule has 0 unspecified atom stereocenters. The van der Waals surface area contributed by atoms with Crippen LogP contribution in [0.5, 0.6) is 0 Å². The number of carbonyl (C=O) groups excluding carboxylic acids is 1. The quantitative estimate of drug-likeness (QED) is 0.666. The SMILES string of the molecule is COC(=O)c1[nH]c(=O)n2ccccc12. The van der Waals surface area contributed by atoms with E-state index in [0.717, 1.165) is 0 Å². The summed E-state index contributed by atoms with van der Waals surface area (Å²) in [5.41, 5.74) is 0.350. The molecule has 2 heterocycles. The number of aromatic nitrogens is 2. The first-order valence-corrected chi connectivity index (χ1v) is 4.01. The summed E-state index contributed by atoms with van der Waals surface area (Å²) in [7, 11) is 1.27. The van der Waals surface area contributed by atoms with Crippen molar-refractivity contribution < 1.29 is 9.53 Å². The molecule has 0 saturated carbocycles. The molecule has 2 aromatic rings. The van der Waals surface area contributed by atoms with Gasteiger partial charge in [0.2, 0.25) is 0 Å². The lowest BCUT2D eigenvalue weighted by molar-refractivity contribution is 0.0597. The van der Waals surface area contributed by atoms with E-state index in [1.54, 1.807) is 24.4 Å². The molecule has 1 N–H and O–H groups in total. The average molecular weight is 192 g/mol. The second-order valence-corrected chi connectivity index (χ2v) is 2.75. The van der Waals surface area contributed by atoms with Crippen molar-refractivity contribution in [2.75, 3.05) is 7.11 Å². The molecule has 0 aromatic carbocycles. The number of ether oxygens (including phenoxy) is 1. The molecule has 0 bridgehead atoms. The molecule has 0 aliphatic heterocycles. The lowest BCUT2D eigenvalue weighted by Crippen LogP contribution is -2.09. The Morgan fingerprint density at radius 2 is 2.29 bits per heavy atom.